The van der Waals surface area contributed by atoms with Crippen LogP contribution in [0.4, 0.5) is 11.5 Å². The predicted molar refractivity (Wildman–Crippen MR) is 237 cm³/mol. The van der Waals surface area contributed by atoms with Gasteiger partial charge in [-0.2, -0.15) is 9.40 Å². The molecule has 18 nitrogen and oxygen atoms in total. The van der Waals surface area contributed by atoms with Crippen LogP contribution in [0.15, 0.2) is 67.1 Å². The number of imide groups is 2. The molecule has 1 unspecified atom stereocenters. The normalized spacial score (nSPS) is 19.2. The Kier molecular flexibility index (Phi) is 11.7. The van der Waals surface area contributed by atoms with Gasteiger partial charge in [-0.05, 0) is 74.7 Å². The lowest BCUT2D eigenvalue weighted by molar-refractivity contribution is -0.136. The molecule has 3 saturated heterocycles. The van der Waals surface area contributed by atoms with Gasteiger partial charge in [0, 0.05) is 86.5 Å². The zero-order chi connectivity index (χ0) is 44.9. The zero-order valence-electron chi connectivity index (χ0n) is 34.4. The van der Waals surface area contributed by atoms with E-state index in [1.54, 1.807) is 17.2 Å². The summed E-state index contributed by atoms with van der Waals surface area (Å²) >= 11 is 12.7. The van der Waals surface area contributed by atoms with Crippen LogP contribution in [0.3, 0.4) is 0 Å². The number of amides is 5. The van der Waals surface area contributed by atoms with Gasteiger partial charge in [0.15, 0.2) is 0 Å². The van der Waals surface area contributed by atoms with Crippen molar-refractivity contribution in [1.82, 2.24) is 39.6 Å². The SMILES string of the molecule is C[C@@H](Oc1ccc2[nH]nc(-c3ccc(N4CCN(S(=O)(=O)C5CCN(C(=O)CNc6ccc7c(c6)C(=O)N(C6CCC(=O)NC6=O)C7=O)CC5)CC4)nc3)c2c1)c1c(Cl)cncc1Cl. The van der Waals surface area contributed by atoms with Gasteiger partial charge in [0.25, 0.3) is 11.8 Å². The number of aromatic amines is 1. The van der Waals surface area contributed by atoms with Gasteiger partial charge in [-0.3, -0.25) is 44.3 Å². The van der Waals surface area contributed by atoms with E-state index >= 15 is 0 Å². The topological polar surface area (TPSA) is 220 Å². The van der Waals surface area contributed by atoms with Crippen LogP contribution in [0, 0.1) is 0 Å². The predicted octanol–water partition coefficient (Wildman–Crippen LogP) is 4.42. The summed E-state index contributed by atoms with van der Waals surface area (Å²) in [5.74, 6) is -1.32. The Balaban J connectivity index is 0.753. The maximum absolute atomic E-state index is 13.8. The molecule has 0 saturated carbocycles. The van der Waals surface area contributed by atoms with E-state index in [1.807, 2.05) is 37.3 Å². The second-order valence-corrected chi connectivity index (χ2v) is 19.1. The Bertz CT molecular complexity index is 2790. The summed E-state index contributed by atoms with van der Waals surface area (Å²) in [5, 5.41) is 13.8. The van der Waals surface area contributed by atoms with Gasteiger partial charge in [-0.25, -0.2) is 13.4 Å². The molecule has 5 aromatic rings. The number of carbonyl (C=O) groups is 5. The van der Waals surface area contributed by atoms with E-state index in [9.17, 15) is 32.4 Å². The molecule has 0 spiro atoms. The first-order valence-electron chi connectivity index (χ1n) is 20.8. The van der Waals surface area contributed by atoms with Crippen molar-refractivity contribution in [3.8, 4) is 17.0 Å². The fraction of sp³-hybridized carbons (Fsp3) is 0.349. The lowest BCUT2D eigenvalue weighted by Gasteiger charge is -2.38. The number of hydrogen-bond donors (Lipinski definition) is 3. The monoisotopic (exact) mass is 928 g/mol. The molecule has 7 heterocycles. The third-order valence-corrected chi connectivity index (χ3v) is 15.2. The second kappa shape index (κ2) is 17.4. The highest BCUT2D eigenvalue weighted by Crippen LogP contribution is 2.36. The van der Waals surface area contributed by atoms with E-state index in [-0.39, 0.29) is 49.5 Å². The van der Waals surface area contributed by atoms with Crippen LogP contribution in [0.1, 0.15) is 65.0 Å². The molecule has 332 valence electrons. The second-order valence-electron chi connectivity index (χ2n) is 16.0. The third-order valence-electron chi connectivity index (χ3n) is 12.2. The van der Waals surface area contributed by atoms with E-state index in [0.717, 1.165) is 27.2 Å². The quantitative estimate of drug-likeness (QED) is 0.157. The highest BCUT2D eigenvalue weighted by atomic mass is 35.5. The van der Waals surface area contributed by atoms with Crippen LogP contribution < -0.4 is 20.3 Å². The number of H-pyrrole nitrogens is 1. The zero-order valence-corrected chi connectivity index (χ0v) is 36.8. The summed E-state index contributed by atoms with van der Waals surface area (Å²) in [6.45, 7) is 3.82. The molecule has 3 fully saturated rings. The summed E-state index contributed by atoms with van der Waals surface area (Å²) in [5.41, 5.74) is 3.61. The minimum Gasteiger partial charge on any atom is -0.486 e. The highest BCUT2D eigenvalue weighted by Gasteiger charge is 2.45. The Labute approximate surface area is 377 Å². The number of benzene rings is 2. The van der Waals surface area contributed by atoms with Gasteiger partial charge >= 0.3 is 0 Å². The van der Waals surface area contributed by atoms with Crippen LogP contribution in [0.25, 0.3) is 22.2 Å². The Hall–Kier alpha value is -6.15. The molecule has 3 N–H and O–H groups in total. The van der Waals surface area contributed by atoms with E-state index < -0.39 is 51.0 Å². The van der Waals surface area contributed by atoms with E-state index in [4.69, 9.17) is 32.9 Å². The van der Waals surface area contributed by atoms with Crippen LogP contribution in [0.2, 0.25) is 10.0 Å². The highest BCUT2D eigenvalue weighted by molar-refractivity contribution is 7.89. The number of likely N-dealkylation sites (tertiary alicyclic amines) is 1. The number of piperidine rings is 2. The van der Waals surface area contributed by atoms with Crippen LogP contribution in [0.5, 0.6) is 5.75 Å². The average molecular weight is 930 g/mol. The maximum Gasteiger partial charge on any atom is 0.262 e. The van der Waals surface area contributed by atoms with Gasteiger partial charge in [-0.15, -0.1) is 0 Å². The van der Waals surface area contributed by atoms with Crippen molar-refractivity contribution in [2.75, 3.05) is 56.0 Å². The Morgan fingerprint density at radius 3 is 2.33 bits per heavy atom. The molecule has 4 aliphatic rings. The number of sulfonamides is 1. The molecule has 0 radical (unpaired) electrons. The van der Waals surface area contributed by atoms with Crippen molar-refractivity contribution in [2.45, 2.75) is 50.0 Å². The fourth-order valence-electron chi connectivity index (χ4n) is 8.73. The lowest BCUT2D eigenvalue weighted by Crippen LogP contribution is -2.54. The van der Waals surface area contributed by atoms with E-state index in [2.05, 4.69) is 30.7 Å². The fourth-order valence-corrected chi connectivity index (χ4v) is 11.3. The number of piperazine rings is 1. The molecule has 4 aliphatic heterocycles. The number of aromatic nitrogens is 4. The van der Waals surface area contributed by atoms with Crippen molar-refractivity contribution in [3.05, 3.63) is 93.9 Å². The molecule has 5 amide bonds. The number of fused-ring (bicyclic) bond motifs is 2. The molecular formula is C43H42Cl2N10O8S. The molecule has 0 bridgehead atoms. The number of carbonyl (C=O) groups excluding carboxylic acids is 5. The van der Waals surface area contributed by atoms with Gasteiger partial charge < -0.3 is 19.9 Å². The van der Waals surface area contributed by atoms with E-state index in [0.29, 0.717) is 71.8 Å². The molecule has 2 atom stereocenters. The van der Waals surface area contributed by atoms with Crippen molar-refractivity contribution in [3.63, 3.8) is 0 Å². The molecule has 9 rings (SSSR count). The van der Waals surface area contributed by atoms with Crippen LogP contribution in [-0.4, -0.2) is 129 Å². The molecule has 0 aliphatic carbocycles. The van der Waals surface area contributed by atoms with Crippen LogP contribution in [-0.2, 0) is 24.4 Å². The summed E-state index contributed by atoms with van der Waals surface area (Å²) in [6.07, 6.45) is 5.02. The molecule has 3 aromatic heterocycles. The molecular weight excluding hydrogens is 888 g/mol. The number of pyridine rings is 2. The lowest BCUT2D eigenvalue weighted by atomic mass is 10.0. The summed E-state index contributed by atoms with van der Waals surface area (Å²) in [4.78, 5) is 76.7. The third kappa shape index (κ3) is 8.23. The molecule has 64 heavy (non-hydrogen) atoms. The van der Waals surface area contributed by atoms with Gasteiger partial charge in [0.05, 0.1) is 38.5 Å². The Morgan fingerprint density at radius 1 is 0.891 bits per heavy atom. The molecule has 21 heteroatoms. The number of halogens is 2. The number of nitrogens with zero attached hydrogens (tertiary/aromatic N) is 7. The first-order chi connectivity index (χ1) is 30.8. The number of hydrogen-bond acceptors (Lipinski definition) is 13. The van der Waals surface area contributed by atoms with Crippen molar-refractivity contribution < 1.29 is 37.1 Å². The first kappa shape index (κ1) is 43.1. The summed E-state index contributed by atoms with van der Waals surface area (Å²) < 4.78 is 35.3. The standard InChI is InChI=1S/C43H42Cl2N10O8S/c1-24(39-32(44)21-46-22-33(39)45)63-27-4-6-34-31(19-27)40(51-50-34)25-2-8-36(48-20-25)52-14-16-54(17-15-52)64(61,62)28-10-12-53(13-11-28)38(57)23-47-26-3-5-29-30(18-26)43(60)55(42(29)59)35-7-9-37(56)49-41(35)58/h2-6,8,18-22,24,28,35,47H,7,9-17,23H2,1H3,(H,50,51)(H,49,56,58)/t24-,35?/m1/s1. The van der Waals surface area contributed by atoms with Crippen molar-refractivity contribution in [2.24, 2.45) is 0 Å². The average Bonchev–Trinajstić information content (AvgIpc) is 3.82. The van der Waals surface area contributed by atoms with Crippen molar-refractivity contribution in [1.29, 1.82) is 0 Å². The van der Waals surface area contributed by atoms with Gasteiger partial charge in [0.2, 0.25) is 27.7 Å². The van der Waals surface area contributed by atoms with Gasteiger partial charge in [-0.1, -0.05) is 23.2 Å². The minimum atomic E-state index is -3.63. The largest absolute Gasteiger partial charge is 0.486 e. The van der Waals surface area contributed by atoms with Crippen LogP contribution >= 0.6 is 23.2 Å². The number of nitrogens with one attached hydrogen (secondary N) is 3. The number of anilines is 2. The van der Waals surface area contributed by atoms with Gasteiger partial charge in [0.1, 0.15) is 29.4 Å². The number of rotatable bonds is 11. The van der Waals surface area contributed by atoms with E-state index in [1.165, 1.54) is 28.8 Å². The Morgan fingerprint density at radius 2 is 1.62 bits per heavy atom. The van der Waals surface area contributed by atoms with Crippen molar-refractivity contribution >= 4 is 85.2 Å². The minimum absolute atomic E-state index is 0.0172. The maximum atomic E-state index is 13.8. The number of ether oxygens (including phenoxy) is 1. The summed E-state index contributed by atoms with van der Waals surface area (Å²) in [7, 11) is -3.63. The summed E-state index contributed by atoms with van der Waals surface area (Å²) in [6, 6.07) is 12.9. The first-order valence-corrected chi connectivity index (χ1v) is 23.0. The molecule has 2 aromatic carbocycles. The smallest absolute Gasteiger partial charge is 0.262 e.